The molecule has 27 heavy (non-hydrogen) atoms. The number of methoxy groups -OCH3 is 1. The van der Waals surface area contributed by atoms with Crippen molar-refractivity contribution in [2.75, 3.05) is 29.5 Å². The molecule has 2 aromatic carbocycles. The Hall–Kier alpha value is -2.94. The van der Waals surface area contributed by atoms with E-state index in [1.165, 1.54) is 25.3 Å². The zero-order valence-corrected chi connectivity index (χ0v) is 15.6. The smallest absolute Gasteiger partial charge is 0.339 e. The van der Waals surface area contributed by atoms with Crippen LogP contribution in [0.3, 0.4) is 0 Å². The predicted octanol–water partition coefficient (Wildman–Crippen LogP) is 2.41. The molecule has 0 unspecified atom stereocenters. The fourth-order valence-corrected chi connectivity index (χ4v) is 3.32. The number of hydrogen-bond donors (Lipinski definition) is 1. The Morgan fingerprint density at radius 3 is 2.33 bits per heavy atom. The van der Waals surface area contributed by atoms with Crippen LogP contribution in [0.4, 0.5) is 15.8 Å². The molecule has 0 bridgehead atoms. The van der Waals surface area contributed by atoms with Gasteiger partial charge < -0.3 is 10.1 Å². The molecule has 0 fully saturated rings. The molecular weight excluding hydrogens is 375 g/mol. The summed E-state index contributed by atoms with van der Waals surface area (Å²) < 4.78 is 42.8. The Bertz CT molecular complexity index is 929. The van der Waals surface area contributed by atoms with Crippen molar-refractivity contribution < 1.29 is 27.1 Å². The molecule has 2 rings (SSSR count). The van der Waals surface area contributed by atoms with Crippen molar-refractivity contribution in [3.05, 3.63) is 59.9 Å². The number of sulfonamides is 1. The third-order valence-electron chi connectivity index (χ3n) is 3.66. The average Bonchev–Trinajstić information content (AvgIpc) is 2.62. The van der Waals surface area contributed by atoms with Gasteiger partial charge in [-0.15, -0.1) is 0 Å². The number of hydrogen-bond acceptors (Lipinski definition) is 5. The molecule has 144 valence electrons. The normalized spacial score (nSPS) is 10.9. The van der Waals surface area contributed by atoms with Gasteiger partial charge in [0, 0.05) is 13.0 Å². The molecule has 1 amide bonds. The van der Waals surface area contributed by atoms with E-state index in [0.29, 0.717) is 0 Å². The summed E-state index contributed by atoms with van der Waals surface area (Å²) in [5.41, 5.74) is 0.704. The van der Waals surface area contributed by atoms with E-state index in [0.717, 1.165) is 22.7 Å². The van der Waals surface area contributed by atoms with Gasteiger partial charge in [-0.3, -0.25) is 9.10 Å². The molecule has 0 aromatic heterocycles. The zero-order chi connectivity index (χ0) is 20.0. The maximum atomic E-state index is 13.1. The summed E-state index contributed by atoms with van der Waals surface area (Å²) in [4.78, 5) is 24.0. The van der Waals surface area contributed by atoms with Crippen LogP contribution >= 0.6 is 0 Å². The molecule has 9 heteroatoms. The highest BCUT2D eigenvalue weighted by Crippen LogP contribution is 2.19. The van der Waals surface area contributed by atoms with Crippen molar-refractivity contribution in [2.24, 2.45) is 0 Å². The first-order valence-corrected chi connectivity index (χ1v) is 9.77. The lowest BCUT2D eigenvalue weighted by molar-refractivity contribution is -0.116. The summed E-state index contributed by atoms with van der Waals surface area (Å²) >= 11 is 0. The standard InChI is InChI=1S/C18H19FN2O5S/c1-26-18(23)15-5-3-4-6-16(15)20-17(22)11-12-21(27(2,24)25)14-9-7-13(19)8-10-14/h3-10H,11-12H2,1-2H3,(H,20,22). The molecule has 7 nitrogen and oxygen atoms in total. The average molecular weight is 394 g/mol. The summed E-state index contributed by atoms with van der Waals surface area (Å²) in [5.74, 6) is -1.58. The lowest BCUT2D eigenvalue weighted by Gasteiger charge is -2.22. The van der Waals surface area contributed by atoms with Crippen LogP contribution in [0, 0.1) is 5.82 Å². The van der Waals surface area contributed by atoms with Gasteiger partial charge in [-0.25, -0.2) is 17.6 Å². The first-order valence-electron chi connectivity index (χ1n) is 7.93. The quantitative estimate of drug-likeness (QED) is 0.728. The minimum atomic E-state index is -3.67. The molecule has 1 N–H and O–H groups in total. The fraction of sp³-hybridized carbons (Fsp3) is 0.222. The number of anilines is 2. The Morgan fingerprint density at radius 2 is 1.74 bits per heavy atom. The molecular formula is C18H19FN2O5S. The van der Waals surface area contributed by atoms with Crippen LogP contribution in [0.2, 0.25) is 0 Å². The number of ether oxygens (including phenoxy) is 1. The maximum absolute atomic E-state index is 13.1. The highest BCUT2D eigenvalue weighted by Gasteiger charge is 2.19. The van der Waals surface area contributed by atoms with Crippen LogP contribution in [0.5, 0.6) is 0 Å². The van der Waals surface area contributed by atoms with Crippen molar-refractivity contribution in [2.45, 2.75) is 6.42 Å². The van der Waals surface area contributed by atoms with Gasteiger partial charge in [-0.2, -0.15) is 0 Å². The summed E-state index contributed by atoms with van der Waals surface area (Å²) in [6, 6.07) is 11.2. The van der Waals surface area contributed by atoms with Crippen molar-refractivity contribution in [1.82, 2.24) is 0 Å². The second kappa shape index (κ2) is 8.63. The summed E-state index contributed by atoms with van der Waals surface area (Å²) in [7, 11) is -2.44. The minimum absolute atomic E-state index is 0.142. The van der Waals surface area contributed by atoms with Crippen LogP contribution in [0.25, 0.3) is 0 Å². The van der Waals surface area contributed by atoms with Crippen molar-refractivity contribution in [1.29, 1.82) is 0 Å². The first-order chi connectivity index (χ1) is 12.7. The molecule has 0 aliphatic carbocycles. The minimum Gasteiger partial charge on any atom is -0.465 e. The highest BCUT2D eigenvalue weighted by atomic mass is 32.2. The molecule has 2 aromatic rings. The molecule has 0 saturated heterocycles. The highest BCUT2D eigenvalue weighted by molar-refractivity contribution is 7.92. The van der Waals surface area contributed by atoms with Crippen molar-refractivity contribution in [3.63, 3.8) is 0 Å². The largest absolute Gasteiger partial charge is 0.465 e. The number of carbonyl (C=O) groups is 2. The number of carbonyl (C=O) groups excluding carboxylic acids is 2. The Balaban J connectivity index is 2.11. The number of para-hydroxylation sites is 1. The molecule has 0 radical (unpaired) electrons. The second-order valence-corrected chi connectivity index (χ2v) is 7.55. The summed E-state index contributed by atoms with van der Waals surface area (Å²) in [5, 5.41) is 2.57. The van der Waals surface area contributed by atoms with Gasteiger partial charge in [0.2, 0.25) is 15.9 Å². The number of nitrogens with zero attached hydrogens (tertiary/aromatic N) is 1. The van der Waals surface area contributed by atoms with Gasteiger partial charge in [-0.05, 0) is 36.4 Å². The predicted molar refractivity (Wildman–Crippen MR) is 99.6 cm³/mol. The third kappa shape index (κ3) is 5.52. The topological polar surface area (TPSA) is 92.8 Å². The van der Waals surface area contributed by atoms with Gasteiger partial charge in [0.1, 0.15) is 5.82 Å². The third-order valence-corrected chi connectivity index (χ3v) is 4.86. The number of amides is 1. The van der Waals surface area contributed by atoms with Gasteiger partial charge in [-0.1, -0.05) is 12.1 Å². The lowest BCUT2D eigenvalue weighted by atomic mass is 10.1. The Morgan fingerprint density at radius 1 is 1.11 bits per heavy atom. The van der Waals surface area contributed by atoms with E-state index in [1.807, 2.05) is 0 Å². The van der Waals surface area contributed by atoms with Crippen LogP contribution < -0.4 is 9.62 Å². The van der Waals surface area contributed by atoms with Crippen LogP contribution in [-0.4, -0.2) is 40.2 Å². The van der Waals surface area contributed by atoms with Crippen molar-refractivity contribution >= 4 is 33.3 Å². The molecule has 0 heterocycles. The second-order valence-electron chi connectivity index (χ2n) is 5.65. The summed E-state index contributed by atoms with van der Waals surface area (Å²) in [6.45, 7) is -0.142. The van der Waals surface area contributed by atoms with Gasteiger partial charge in [0.05, 0.1) is 30.3 Å². The molecule has 0 saturated carbocycles. The molecule has 0 aliphatic heterocycles. The molecule has 0 aliphatic rings. The number of nitrogens with one attached hydrogen (secondary N) is 1. The van der Waals surface area contributed by atoms with E-state index >= 15 is 0 Å². The van der Waals surface area contributed by atoms with Crippen LogP contribution in [0.15, 0.2) is 48.5 Å². The van der Waals surface area contributed by atoms with E-state index < -0.39 is 27.7 Å². The van der Waals surface area contributed by atoms with E-state index in [1.54, 1.807) is 18.2 Å². The van der Waals surface area contributed by atoms with Crippen molar-refractivity contribution in [3.8, 4) is 0 Å². The Labute approximate surface area is 156 Å². The first kappa shape index (κ1) is 20.4. The zero-order valence-electron chi connectivity index (χ0n) is 14.8. The number of benzene rings is 2. The van der Waals surface area contributed by atoms with E-state index in [-0.39, 0.29) is 29.9 Å². The van der Waals surface area contributed by atoms with E-state index in [4.69, 9.17) is 0 Å². The van der Waals surface area contributed by atoms with E-state index in [2.05, 4.69) is 10.1 Å². The summed E-state index contributed by atoms with van der Waals surface area (Å²) in [6.07, 6.45) is 0.834. The SMILES string of the molecule is COC(=O)c1ccccc1NC(=O)CCN(c1ccc(F)cc1)S(C)(=O)=O. The number of halogens is 1. The monoisotopic (exact) mass is 394 g/mol. The van der Waals surface area contributed by atoms with E-state index in [9.17, 15) is 22.4 Å². The van der Waals surface area contributed by atoms with Gasteiger partial charge in [0.15, 0.2) is 0 Å². The maximum Gasteiger partial charge on any atom is 0.339 e. The molecule has 0 atom stereocenters. The lowest BCUT2D eigenvalue weighted by Crippen LogP contribution is -2.33. The van der Waals surface area contributed by atoms with Gasteiger partial charge >= 0.3 is 5.97 Å². The Kier molecular flexibility index (Phi) is 6.51. The number of esters is 1. The number of rotatable bonds is 7. The van der Waals surface area contributed by atoms with Gasteiger partial charge in [0.25, 0.3) is 0 Å². The van der Waals surface area contributed by atoms with Crippen LogP contribution in [-0.2, 0) is 19.6 Å². The molecule has 0 spiro atoms. The fourth-order valence-electron chi connectivity index (χ4n) is 2.39. The van der Waals surface area contributed by atoms with Crippen LogP contribution in [0.1, 0.15) is 16.8 Å².